The highest BCUT2D eigenvalue weighted by molar-refractivity contribution is 7.89. The van der Waals surface area contributed by atoms with Crippen molar-refractivity contribution in [1.82, 2.24) is 4.72 Å². The van der Waals surface area contributed by atoms with Crippen molar-refractivity contribution in [3.05, 3.63) is 24.0 Å². The van der Waals surface area contributed by atoms with Crippen molar-refractivity contribution in [1.29, 1.82) is 0 Å². The number of benzene rings is 1. The normalized spacial score (nSPS) is 19.1. The lowest BCUT2D eigenvalue weighted by Crippen LogP contribution is -2.42. The molecule has 21 heavy (non-hydrogen) atoms. The van der Waals surface area contributed by atoms with Crippen molar-refractivity contribution in [2.75, 3.05) is 12.3 Å². The van der Waals surface area contributed by atoms with E-state index in [4.69, 9.17) is 5.73 Å². The zero-order valence-electron chi connectivity index (χ0n) is 11.8. The number of rotatable bonds is 4. The molecule has 0 bridgehead atoms. The lowest BCUT2D eigenvalue weighted by atomic mass is 9.95. The summed E-state index contributed by atoms with van der Waals surface area (Å²) in [5.74, 6) is -0.589. The predicted molar refractivity (Wildman–Crippen MR) is 78.7 cm³/mol. The molecule has 2 rings (SSSR count). The fourth-order valence-corrected chi connectivity index (χ4v) is 3.87. The zero-order chi connectivity index (χ0) is 15.5. The van der Waals surface area contributed by atoms with Crippen LogP contribution in [0.5, 0.6) is 0 Å². The molecule has 1 aromatic carbocycles. The molecule has 1 fully saturated rings. The summed E-state index contributed by atoms with van der Waals surface area (Å²) in [6.07, 6.45) is 5.04. The van der Waals surface area contributed by atoms with Gasteiger partial charge in [-0.25, -0.2) is 17.5 Å². The van der Waals surface area contributed by atoms with Crippen molar-refractivity contribution >= 4 is 15.7 Å². The molecule has 1 aliphatic rings. The van der Waals surface area contributed by atoms with Crippen LogP contribution in [0.2, 0.25) is 0 Å². The van der Waals surface area contributed by atoms with Crippen molar-refractivity contribution < 1.29 is 17.9 Å². The number of halogens is 1. The Morgan fingerprint density at radius 1 is 1.24 bits per heavy atom. The van der Waals surface area contributed by atoms with Crippen LogP contribution in [-0.2, 0) is 10.0 Å². The third-order valence-corrected chi connectivity index (χ3v) is 5.36. The topological polar surface area (TPSA) is 92.4 Å². The third-order valence-electron chi connectivity index (χ3n) is 3.89. The summed E-state index contributed by atoms with van der Waals surface area (Å²) < 4.78 is 39.8. The number of nitrogens with one attached hydrogen (secondary N) is 1. The number of nitrogen functional groups attached to an aromatic ring is 1. The fraction of sp³-hybridized carbons (Fsp3) is 0.571. The molecule has 0 unspecified atom stereocenters. The average Bonchev–Trinajstić information content (AvgIpc) is 2.62. The average molecular weight is 316 g/mol. The van der Waals surface area contributed by atoms with Crippen LogP contribution in [0, 0.1) is 5.82 Å². The minimum Gasteiger partial charge on any atom is -0.398 e. The van der Waals surface area contributed by atoms with Crippen LogP contribution in [0.3, 0.4) is 0 Å². The van der Waals surface area contributed by atoms with E-state index in [2.05, 4.69) is 4.72 Å². The van der Waals surface area contributed by atoms with Gasteiger partial charge in [-0.05, 0) is 31.0 Å². The number of aliphatic hydroxyl groups is 1. The summed E-state index contributed by atoms with van der Waals surface area (Å²) in [5, 5.41) is 10.5. The van der Waals surface area contributed by atoms with Crippen molar-refractivity contribution in [3.63, 3.8) is 0 Å². The molecule has 7 heteroatoms. The van der Waals surface area contributed by atoms with Crippen LogP contribution in [0.1, 0.15) is 38.5 Å². The van der Waals surface area contributed by atoms with Crippen molar-refractivity contribution in [3.8, 4) is 0 Å². The Balaban J connectivity index is 2.10. The lowest BCUT2D eigenvalue weighted by molar-refractivity contribution is 0.0303. The Labute approximate surface area is 124 Å². The Hall–Kier alpha value is -1.18. The SMILES string of the molecule is Nc1cc(F)ccc1S(=O)(=O)NCC1(O)CCCCCC1. The van der Waals surface area contributed by atoms with Gasteiger partial charge in [0.1, 0.15) is 10.7 Å². The molecule has 0 saturated heterocycles. The minimum atomic E-state index is -3.86. The molecule has 0 spiro atoms. The molecule has 4 N–H and O–H groups in total. The second-order valence-electron chi connectivity index (χ2n) is 5.65. The van der Waals surface area contributed by atoms with Gasteiger partial charge in [0.05, 0.1) is 11.3 Å². The van der Waals surface area contributed by atoms with E-state index in [1.807, 2.05) is 0 Å². The molecular weight excluding hydrogens is 295 g/mol. The number of hydrogen-bond donors (Lipinski definition) is 3. The first-order valence-corrected chi connectivity index (χ1v) is 8.58. The van der Waals surface area contributed by atoms with Gasteiger partial charge in [-0.2, -0.15) is 0 Å². The smallest absolute Gasteiger partial charge is 0.242 e. The Kier molecular flexibility index (Phi) is 4.85. The van der Waals surface area contributed by atoms with Gasteiger partial charge in [0.2, 0.25) is 10.0 Å². The molecule has 1 saturated carbocycles. The number of hydrogen-bond acceptors (Lipinski definition) is 4. The Morgan fingerprint density at radius 3 is 2.43 bits per heavy atom. The highest BCUT2D eigenvalue weighted by Gasteiger charge is 2.30. The molecular formula is C14H21FN2O3S. The minimum absolute atomic E-state index is 0.0495. The van der Waals surface area contributed by atoms with E-state index in [9.17, 15) is 17.9 Å². The standard InChI is InChI=1S/C14H21FN2O3S/c15-11-5-6-13(12(16)9-11)21(19,20)17-10-14(18)7-3-1-2-4-8-14/h5-6,9,17-18H,1-4,7-8,10,16H2. The van der Waals surface area contributed by atoms with E-state index >= 15 is 0 Å². The highest BCUT2D eigenvalue weighted by Crippen LogP contribution is 2.27. The van der Waals surface area contributed by atoms with E-state index in [-0.39, 0.29) is 17.1 Å². The first-order valence-electron chi connectivity index (χ1n) is 7.10. The van der Waals surface area contributed by atoms with Gasteiger partial charge in [0, 0.05) is 6.54 Å². The summed E-state index contributed by atoms with van der Waals surface area (Å²) in [5.41, 5.74) is 4.39. The summed E-state index contributed by atoms with van der Waals surface area (Å²) in [4.78, 5) is -0.166. The van der Waals surface area contributed by atoms with E-state index < -0.39 is 21.4 Å². The van der Waals surface area contributed by atoms with Crippen LogP contribution in [-0.4, -0.2) is 25.7 Å². The molecule has 0 amide bonds. The van der Waals surface area contributed by atoms with Crippen LogP contribution in [0.15, 0.2) is 23.1 Å². The number of nitrogens with two attached hydrogens (primary N) is 1. The van der Waals surface area contributed by atoms with Crippen LogP contribution >= 0.6 is 0 Å². The second-order valence-corrected chi connectivity index (χ2v) is 7.38. The molecule has 118 valence electrons. The second kappa shape index (κ2) is 6.29. The van der Waals surface area contributed by atoms with E-state index in [0.29, 0.717) is 12.8 Å². The van der Waals surface area contributed by atoms with Gasteiger partial charge in [0.15, 0.2) is 0 Å². The van der Waals surface area contributed by atoms with E-state index in [1.54, 1.807) is 0 Å². The van der Waals surface area contributed by atoms with Gasteiger partial charge < -0.3 is 10.8 Å². The Bertz CT molecular complexity index is 596. The molecule has 0 aliphatic heterocycles. The summed E-state index contributed by atoms with van der Waals surface area (Å²) in [6, 6.07) is 3.14. The van der Waals surface area contributed by atoms with Gasteiger partial charge in [-0.3, -0.25) is 0 Å². The van der Waals surface area contributed by atoms with Crippen LogP contribution in [0.4, 0.5) is 10.1 Å². The van der Waals surface area contributed by atoms with E-state index in [0.717, 1.165) is 43.9 Å². The maximum absolute atomic E-state index is 13.0. The lowest BCUT2D eigenvalue weighted by Gasteiger charge is -2.26. The fourth-order valence-electron chi connectivity index (χ4n) is 2.63. The van der Waals surface area contributed by atoms with Crippen molar-refractivity contribution in [2.45, 2.75) is 49.0 Å². The van der Waals surface area contributed by atoms with Crippen LogP contribution in [0.25, 0.3) is 0 Å². The highest BCUT2D eigenvalue weighted by atomic mass is 32.2. The summed E-state index contributed by atoms with van der Waals surface area (Å²) in [7, 11) is -3.86. The van der Waals surface area contributed by atoms with Gasteiger partial charge in [0.25, 0.3) is 0 Å². The maximum atomic E-state index is 13.0. The maximum Gasteiger partial charge on any atom is 0.242 e. The molecule has 5 nitrogen and oxygen atoms in total. The van der Waals surface area contributed by atoms with Gasteiger partial charge in [-0.15, -0.1) is 0 Å². The molecule has 0 atom stereocenters. The largest absolute Gasteiger partial charge is 0.398 e. The molecule has 0 radical (unpaired) electrons. The monoisotopic (exact) mass is 316 g/mol. The van der Waals surface area contributed by atoms with Gasteiger partial charge in [-0.1, -0.05) is 25.7 Å². The zero-order valence-corrected chi connectivity index (χ0v) is 12.6. The Morgan fingerprint density at radius 2 is 1.86 bits per heavy atom. The summed E-state index contributed by atoms with van der Waals surface area (Å²) >= 11 is 0. The summed E-state index contributed by atoms with van der Waals surface area (Å²) in [6.45, 7) is -0.0495. The molecule has 1 aromatic rings. The quantitative estimate of drug-likeness (QED) is 0.583. The first-order chi connectivity index (χ1) is 9.82. The third kappa shape index (κ3) is 4.15. The van der Waals surface area contributed by atoms with Gasteiger partial charge >= 0.3 is 0 Å². The van der Waals surface area contributed by atoms with E-state index in [1.165, 1.54) is 0 Å². The van der Waals surface area contributed by atoms with Crippen LogP contribution < -0.4 is 10.5 Å². The molecule has 0 aromatic heterocycles. The first kappa shape index (κ1) is 16.2. The predicted octanol–water partition coefficient (Wildman–Crippen LogP) is 1.77. The van der Waals surface area contributed by atoms with Crippen molar-refractivity contribution in [2.24, 2.45) is 0 Å². The number of anilines is 1. The molecule has 0 heterocycles. The number of sulfonamides is 1. The molecule has 1 aliphatic carbocycles.